The molecule has 1 aromatic heterocycles. The fourth-order valence-corrected chi connectivity index (χ4v) is 2.06. The minimum absolute atomic E-state index is 0.250. The van der Waals surface area contributed by atoms with E-state index in [9.17, 15) is 0 Å². The Balaban J connectivity index is 0.000000647. The number of H-pyrrole nitrogens is 1. The first-order chi connectivity index (χ1) is 11.8. The summed E-state index contributed by atoms with van der Waals surface area (Å²) in [6, 6.07) is 16.4. The molecular formula is C18H15N3O3. The van der Waals surface area contributed by atoms with E-state index < -0.39 is 0 Å². The van der Waals surface area contributed by atoms with E-state index in [1.807, 2.05) is 30.4 Å². The number of methoxy groups -OCH3 is 1. The van der Waals surface area contributed by atoms with Crippen LogP contribution in [0.5, 0.6) is 5.75 Å². The van der Waals surface area contributed by atoms with Gasteiger partial charge in [-0.2, -0.15) is 25.0 Å². The van der Waals surface area contributed by atoms with Crippen molar-refractivity contribution >= 4 is 18.3 Å². The van der Waals surface area contributed by atoms with E-state index in [0.717, 1.165) is 28.1 Å². The lowest BCUT2D eigenvalue weighted by molar-refractivity contribution is -0.191. The molecule has 0 aliphatic heterocycles. The topological polar surface area (TPSA) is 84.9 Å². The summed E-state index contributed by atoms with van der Waals surface area (Å²) >= 11 is 0. The number of aromatic amines is 1. The van der Waals surface area contributed by atoms with Gasteiger partial charge in [-0.15, -0.1) is 0 Å². The Kier molecular flexibility index (Phi) is 6.20. The van der Waals surface area contributed by atoms with E-state index in [4.69, 9.17) is 14.3 Å². The van der Waals surface area contributed by atoms with Gasteiger partial charge in [0.25, 0.3) is 0 Å². The SMILES string of the molecule is COc1cccc(-c2ccc(C=Cc3cn[nH]n3)cc2)c1.O=C=O. The number of nitrogens with zero attached hydrogens (tertiary/aromatic N) is 2. The Morgan fingerprint density at radius 2 is 1.79 bits per heavy atom. The van der Waals surface area contributed by atoms with Crippen molar-refractivity contribution in [3.63, 3.8) is 0 Å². The highest BCUT2D eigenvalue weighted by atomic mass is 16.5. The smallest absolute Gasteiger partial charge is 0.373 e. The Hall–Kier alpha value is -3.50. The number of rotatable bonds is 4. The van der Waals surface area contributed by atoms with Gasteiger partial charge in [0, 0.05) is 0 Å². The van der Waals surface area contributed by atoms with E-state index in [-0.39, 0.29) is 6.15 Å². The largest absolute Gasteiger partial charge is 0.497 e. The molecule has 3 aromatic rings. The molecular weight excluding hydrogens is 306 g/mol. The average Bonchev–Trinajstić information content (AvgIpc) is 3.15. The second-order valence-electron chi connectivity index (χ2n) is 4.67. The van der Waals surface area contributed by atoms with Crippen molar-refractivity contribution in [3.8, 4) is 16.9 Å². The molecule has 6 nitrogen and oxygen atoms in total. The first-order valence-electron chi connectivity index (χ1n) is 7.04. The standard InChI is InChI=1S/C17H15N3O.CO2/c1-21-17-4-2-3-15(11-17)14-8-5-13(6-9-14)7-10-16-12-18-20-19-16;2-1-3/h2-12H,1H3,(H,18,19,20);. The van der Waals surface area contributed by atoms with Gasteiger partial charge in [-0.05, 0) is 34.9 Å². The van der Waals surface area contributed by atoms with Gasteiger partial charge in [0.15, 0.2) is 0 Å². The lowest BCUT2D eigenvalue weighted by atomic mass is 10.0. The van der Waals surface area contributed by atoms with Crippen molar-refractivity contribution in [2.24, 2.45) is 0 Å². The van der Waals surface area contributed by atoms with Crippen LogP contribution in [0.3, 0.4) is 0 Å². The van der Waals surface area contributed by atoms with Crippen LogP contribution in [0, 0.1) is 0 Å². The van der Waals surface area contributed by atoms with Crippen LogP contribution in [-0.2, 0) is 9.59 Å². The maximum Gasteiger partial charge on any atom is 0.373 e. The van der Waals surface area contributed by atoms with Gasteiger partial charge >= 0.3 is 6.15 Å². The van der Waals surface area contributed by atoms with Gasteiger partial charge in [0.2, 0.25) is 0 Å². The number of nitrogens with one attached hydrogen (secondary N) is 1. The molecule has 0 fully saturated rings. The lowest BCUT2D eigenvalue weighted by Gasteiger charge is -2.05. The van der Waals surface area contributed by atoms with E-state index in [0.29, 0.717) is 0 Å². The van der Waals surface area contributed by atoms with E-state index in [1.165, 1.54) is 0 Å². The van der Waals surface area contributed by atoms with Crippen molar-refractivity contribution < 1.29 is 14.3 Å². The van der Waals surface area contributed by atoms with Gasteiger partial charge < -0.3 is 4.74 Å². The summed E-state index contributed by atoms with van der Waals surface area (Å²) in [6.07, 6.45) is 5.86. The quantitative estimate of drug-likeness (QED) is 0.798. The lowest BCUT2D eigenvalue weighted by Crippen LogP contribution is -1.84. The number of benzene rings is 2. The number of carbonyl (C=O) groups excluding carboxylic acids is 2. The van der Waals surface area contributed by atoms with Gasteiger partial charge in [-0.3, -0.25) is 0 Å². The predicted molar refractivity (Wildman–Crippen MR) is 88.7 cm³/mol. The fourth-order valence-electron chi connectivity index (χ4n) is 2.06. The molecule has 2 aromatic carbocycles. The van der Waals surface area contributed by atoms with Crippen LogP contribution >= 0.6 is 0 Å². The minimum atomic E-state index is 0.250. The predicted octanol–water partition coefficient (Wildman–Crippen LogP) is 3.07. The Labute approximate surface area is 138 Å². The second-order valence-corrected chi connectivity index (χ2v) is 4.67. The Bertz CT molecular complexity index is 819. The van der Waals surface area contributed by atoms with Gasteiger partial charge in [0.1, 0.15) is 11.4 Å². The third-order valence-electron chi connectivity index (χ3n) is 3.19. The Morgan fingerprint density at radius 3 is 2.42 bits per heavy atom. The van der Waals surface area contributed by atoms with Crippen LogP contribution in [-0.4, -0.2) is 28.7 Å². The van der Waals surface area contributed by atoms with Crippen LogP contribution < -0.4 is 4.74 Å². The van der Waals surface area contributed by atoms with Crippen LogP contribution in [0.4, 0.5) is 0 Å². The van der Waals surface area contributed by atoms with Crippen molar-refractivity contribution in [2.45, 2.75) is 0 Å². The molecule has 6 heteroatoms. The zero-order chi connectivity index (χ0) is 17.2. The Morgan fingerprint density at radius 1 is 1.04 bits per heavy atom. The molecule has 0 radical (unpaired) electrons. The molecule has 120 valence electrons. The summed E-state index contributed by atoms with van der Waals surface area (Å²) in [6.45, 7) is 0. The summed E-state index contributed by atoms with van der Waals surface area (Å²) in [5.41, 5.74) is 4.23. The van der Waals surface area contributed by atoms with Crippen molar-refractivity contribution in [1.29, 1.82) is 0 Å². The first-order valence-corrected chi connectivity index (χ1v) is 7.04. The molecule has 0 amide bonds. The third-order valence-corrected chi connectivity index (χ3v) is 3.19. The number of hydrogen-bond donors (Lipinski definition) is 1. The highest BCUT2D eigenvalue weighted by Crippen LogP contribution is 2.24. The summed E-state index contributed by atoms with van der Waals surface area (Å²) in [5.74, 6) is 0.863. The van der Waals surface area contributed by atoms with Crippen LogP contribution in [0.15, 0.2) is 54.7 Å². The maximum atomic E-state index is 8.12. The summed E-state index contributed by atoms with van der Waals surface area (Å²) < 4.78 is 5.25. The first kappa shape index (κ1) is 16.9. The summed E-state index contributed by atoms with van der Waals surface area (Å²) in [7, 11) is 1.68. The highest BCUT2D eigenvalue weighted by molar-refractivity contribution is 5.71. The van der Waals surface area contributed by atoms with E-state index >= 15 is 0 Å². The molecule has 0 unspecified atom stereocenters. The number of aromatic nitrogens is 3. The molecule has 0 aliphatic carbocycles. The molecule has 0 saturated heterocycles. The number of hydrogen-bond acceptors (Lipinski definition) is 5. The van der Waals surface area contributed by atoms with Crippen LogP contribution in [0.2, 0.25) is 0 Å². The molecule has 0 atom stereocenters. The molecule has 1 N–H and O–H groups in total. The van der Waals surface area contributed by atoms with Crippen molar-refractivity contribution in [1.82, 2.24) is 15.4 Å². The molecule has 0 saturated carbocycles. The zero-order valence-corrected chi connectivity index (χ0v) is 13.0. The zero-order valence-electron chi connectivity index (χ0n) is 13.0. The van der Waals surface area contributed by atoms with Crippen molar-refractivity contribution in [3.05, 3.63) is 66.0 Å². The number of ether oxygens (including phenoxy) is 1. The summed E-state index contributed by atoms with van der Waals surface area (Å²) in [5, 5.41) is 10.3. The summed E-state index contributed by atoms with van der Waals surface area (Å²) in [4.78, 5) is 16.2. The molecule has 24 heavy (non-hydrogen) atoms. The van der Waals surface area contributed by atoms with Crippen LogP contribution in [0.25, 0.3) is 23.3 Å². The highest BCUT2D eigenvalue weighted by Gasteiger charge is 1.99. The van der Waals surface area contributed by atoms with Crippen LogP contribution in [0.1, 0.15) is 11.3 Å². The van der Waals surface area contributed by atoms with Crippen molar-refractivity contribution in [2.75, 3.05) is 7.11 Å². The maximum absolute atomic E-state index is 8.12. The van der Waals surface area contributed by atoms with E-state index in [1.54, 1.807) is 13.3 Å². The molecule has 0 spiro atoms. The monoisotopic (exact) mass is 321 g/mol. The molecule has 3 rings (SSSR count). The molecule has 1 heterocycles. The van der Waals surface area contributed by atoms with Gasteiger partial charge in [-0.25, -0.2) is 0 Å². The average molecular weight is 321 g/mol. The fraction of sp³-hybridized carbons (Fsp3) is 0.0556. The molecule has 0 bridgehead atoms. The minimum Gasteiger partial charge on any atom is -0.497 e. The normalized spacial score (nSPS) is 9.88. The van der Waals surface area contributed by atoms with E-state index in [2.05, 4.69) is 45.7 Å². The van der Waals surface area contributed by atoms with Gasteiger partial charge in [-0.1, -0.05) is 42.5 Å². The third kappa shape index (κ3) is 4.76. The molecule has 0 aliphatic rings. The van der Waals surface area contributed by atoms with Gasteiger partial charge in [0.05, 0.1) is 13.3 Å². The second kappa shape index (κ2) is 8.82.